The first-order chi connectivity index (χ1) is 15.6. The number of likely N-dealkylation sites (tertiary alicyclic amines) is 1. The van der Waals surface area contributed by atoms with Crippen LogP contribution in [0.3, 0.4) is 0 Å². The SMILES string of the molecule is C=CO.CN1CCCC1Cc1cn(Sc2cccc(N3CCC(O)C3)c2)c2cccnc12. The quantitative estimate of drug-likeness (QED) is 0.556. The number of nitrogens with zero attached hydrogens (tertiary/aromatic N) is 4. The third-order valence-electron chi connectivity index (χ3n) is 6.28. The molecule has 2 unspecified atom stereocenters. The maximum Gasteiger partial charge on any atom is 0.0922 e. The van der Waals surface area contributed by atoms with Crippen molar-refractivity contribution in [2.45, 2.75) is 42.7 Å². The maximum atomic E-state index is 9.86. The lowest BCUT2D eigenvalue weighted by molar-refractivity contribution is 0.198. The van der Waals surface area contributed by atoms with Gasteiger partial charge in [-0.25, -0.2) is 0 Å². The van der Waals surface area contributed by atoms with E-state index >= 15 is 0 Å². The number of β-amino-alcohol motifs (C(OH)–C–C–N with tert-alkyl or cyclic N) is 1. The summed E-state index contributed by atoms with van der Waals surface area (Å²) in [5.41, 5.74) is 4.83. The number of hydrogen-bond acceptors (Lipinski definition) is 6. The molecule has 2 saturated heterocycles. The molecule has 0 spiro atoms. The van der Waals surface area contributed by atoms with Gasteiger partial charge in [0.2, 0.25) is 0 Å². The maximum absolute atomic E-state index is 9.86. The normalized spacial score (nSPS) is 21.0. The van der Waals surface area contributed by atoms with Crippen molar-refractivity contribution in [1.29, 1.82) is 0 Å². The first-order valence-corrected chi connectivity index (χ1v) is 12.0. The van der Waals surface area contributed by atoms with E-state index in [4.69, 9.17) is 10.1 Å². The highest BCUT2D eigenvalue weighted by Crippen LogP contribution is 2.32. The molecule has 170 valence electrons. The van der Waals surface area contributed by atoms with Crippen LogP contribution in [-0.2, 0) is 6.42 Å². The lowest BCUT2D eigenvalue weighted by Gasteiger charge is -2.18. The second-order valence-corrected chi connectivity index (χ2v) is 9.54. The van der Waals surface area contributed by atoms with Gasteiger partial charge >= 0.3 is 0 Å². The van der Waals surface area contributed by atoms with Crippen molar-refractivity contribution < 1.29 is 10.2 Å². The molecule has 0 saturated carbocycles. The first kappa shape index (κ1) is 22.7. The molecule has 0 radical (unpaired) electrons. The fourth-order valence-corrected chi connectivity index (χ4v) is 5.60. The number of benzene rings is 1. The van der Waals surface area contributed by atoms with Crippen LogP contribution in [0.15, 0.2) is 66.5 Å². The second kappa shape index (κ2) is 10.4. The van der Waals surface area contributed by atoms with Gasteiger partial charge in [0.15, 0.2) is 0 Å². The number of aliphatic hydroxyl groups excluding tert-OH is 2. The second-order valence-electron chi connectivity index (χ2n) is 8.49. The van der Waals surface area contributed by atoms with Gasteiger partial charge in [0.05, 0.1) is 23.4 Å². The lowest BCUT2D eigenvalue weighted by Crippen LogP contribution is -2.26. The lowest BCUT2D eigenvalue weighted by atomic mass is 10.1. The summed E-state index contributed by atoms with van der Waals surface area (Å²) in [6.07, 6.45) is 9.20. The Bertz CT molecular complexity index is 1050. The zero-order valence-electron chi connectivity index (χ0n) is 18.6. The number of fused-ring (bicyclic) bond motifs is 1. The number of hydrogen-bond donors (Lipinski definition) is 2. The van der Waals surface area contributed by atoms with Crippen molar-refractivity contribution in [3.8, 4) is 0 Å². The van der Waals surface area contributed by atoms with Gasteiger partial charge in [-0.3, -0.25) is 8.96 Å². The Morgan fingerprint density at radius 1 is 1.22 bits per heavy atom. The summed E-state index contributed by atoms with van der Waals surface area (Å²) in [6, 6.07) is 13.4. The Kier molecular flexibility index (Phi) is 7.40. The molecular weight excluding hydrogens is 420 g/mol. The van der Waals surface area contributed by atoms with E-state index in [-0.39, 0.29) is 6.10 Å². The Morgan fingerprint density at radius 2 is 2.06 bits per heavy atom. The molecule has 2 aromatic heterocycles. The van der Waals surface area contributed by atoms with Crippen molar-refractivity contribution in [2.24, 2.45) is 0 Å². The molecule has 2 aliphatic rings. The third kappa shape index (κ3) is 5.11. The topological polar surface area (TPSA) is 64.8 Å². The van der Waals surface area contributed by atoms with Gasteiger partial charge in [-0.15, -0.1) is 0 Å². The van der Waals surface area contributed by atoms with Gasteiger partial charge in [-0.2, -0.15) is 0 Å². The smallest absolute Gasteiger partial charge is 0.0922 e. The van der Waals surface area contributed by atoms with Crippen LogP contribution in [0.2, 0.25) is 0 Å². The highest BCUT2D eigenvalue weighted by Gasteiger charge is 2.24. The first-order valence-electron chi connectivity index (χ1n) is 11.2. The van der Waals surface area contributed by atoms with Crippen molar-refractivity contribution in [3.63, 3.8) is 0 Å². The molecule has 1 aromatic carbocycles. The predicted molar refractivity (Wildman–Crippen MR) is 132 cm³/mol. The Hall–Kier alpha value is -2.48. The average Bonchev–Trinajstić information content (AvgIpc) is 3.50. The number of pyridine rings is 1. The Balaban J connectivity index is 0.000000775. The molecule has 6 nitrogen and oxygen atoms in total. The van der Waals surface area contributed by atoms with E-state index in [1.807, 2.05) is 12.3 Å². The van der Waals surface area contributed by atoms with Crippen LogP contribution in [0.4, 0.5) is 5.69 Å². The summed E-state index contributed by atoms with van der Waals surface area (Å²) in [5, 5.41) is 17.2. The van der Waals surface area contributed by atoms with E-state index in [0.29, 0.717) is 6.04 Å². The zero-order chi connectivity index (χ0) is 22.5. The van der Waals surface area contributed by atoms with E-state index in [0.717, 1.165) is 37.7 Å². The van der Waals surface area contributed by atoms with E-state index in [1.165, 1.54) is 41.0 Å². The number of aliphatic hydroxyl groups is 2. The summed E-state index contributed by atoms with van der Waals surface area (Å²) >= 11 is 1.74. The van der Waals surface area contributed by atoms with Gasteiger partial charge in [0.25, 0.3) is 0 Å². The standard InChI is InChI=1S/C23H28N4OS.C2H4O/c1-25-11-4-6-18(25)13-17-15-27(22-8-3-10-24-23(17)22)29-21-7-2-5-19(14-21)26-12-9-20(28)16-26;1-2-3/h2-3,5,7-8,10,14-15,18,20,28H,4,6,9,11-13,16H2,1H3;2-3H,1H2. The largest absolute Gasteiger partial charge is 0.516 e. The van der Waals surface area contributed by atoms with Crippen molar-refractivity contribution in [3.05, 3.63) is 67.2 Å². The minimum absolute atomic E-state index is 0.206. The molecule has 32 heavy (non-hydrogen) atoms. The van der Waals surface area contributed by atoms with Crippen LogP contribution in [0.1, 0.15) is 24.8 Å². The fourth-order valence-electron chi connectivity index (χ4n) is 4.64. The van der Waals surface area contributed by atoms with Gasteiger partial charge in [0, 0.05) is 42.1 Å². The molecule has 0 aliphatic carbocycles. The van der Waals surface area contributed by atoms with E-state index in [2.05, 4.69) is 63.9 Å². The number of anilines is 1. The van der Waals surface area contributed by atoms with E-state index < -0.39 is 0 Å². The van der Waals surface area contributed by atoms with Crippen molar-refractivity contribution in [2.75, 3.05) is 31.6 Å². The molecule has 2 N–H and O–H groups in total. The van der Waals surface area contributed by atoms with Crippen molar-refractivity contribution in [1.82, 2.24) is 13.9 Å². The van der Waals surface area contributed by atoms with Crippen LogP contribution in [0.5, 0.6) is 0 Å². The van der Waals surface area contributed by atoms with Crippen LogP contribution < -0.4 is 4.90 Å². The molecule has 0 bridgehead atoms. The number of rotatable bonds is 5. The van der Waals surface area contributed by atoms with Crippen LogP contribution in [0, 0.1) is 0 Å². The predicted octanol–water partition coefficient (Wildman–Crippen LogP) is 4.49. The number of likely N-dealkylation sites (N-methyl/N-ethyl adjacent to an activating group) is 1. The fraction of sp³-hybridized carbons (Fsp3) is 0.400. The Labute approximate surface area is 194 Å². The summed E-state index contributed by atoms with van der Waals surface area (Å²) in [6.45, 7) is 5.76. The minimum Gasteiger partial charge on any atom is -0.516 e. The molecule has 0 amide bonds. The zero-order valence-corrected chi connectivity index (χ0v) is 19.4. The molecule has 2 aliphatic heterocycles. The molecule has 7 heteroatoms. The summed E-state index contributed by atoms with van der Waals surface area (Å²) < 4.78 is 2.27. The molecule has 5 rings (SSSR count). The van der Waals surface area contributed by atoms with Crippen LogP contribution in [0.25, 0.3) is 11.0 Å². The summed E-state index contributed by atoms with van der Waals surface area (Å²) in [5.74, 6) is 0. The average molecular weight is 453 g/mol. The van der Waals surface area contributed by atoms with Crippen molar-refractivity contribution >= 4 is 28.7 Å². The van der Waals surface area contributed by atoms with Gasteiger partial charge in [-0.05, 0) is 87.1 Å². The number of aromatic nitrogens is 2. The molecule has 2 atom stereocenters. The molecule has 2 fully saturated rings. The van der Waals surface area contributed by atoms with Crippen LogP contribution in [-0.4, -0.2) is 62.9 Å². The minimum atomic E-state index is -0.206. The third-order valence-corrected chi connectivity index (χ3v) is 7.24. The summed E-state index contributed by atoms with van der Waals surface area (Å²) in [4.78, 5) is 10.7. The highest BCUT2D eigenvalue weighted by atomic mass is 32.2. The van der Waals surface area contributed by atoms with Crippen LogP contribution >= 0.6 is 11.9 Å². The van der Waals surface area contributed by atoms with Gasteiger partial charge < -0.3 is 20.0 Å². The summed E-state index contributed by atoms with van der Waals surface area (Å²) in [7, 11) is 2.24. The Morgan fingerprint density at radius 3 is 2.78 bits per heavy atom. The molecule has 4 heterocycles. The molecule has 3 aromatic rings. The van der Waals surface area contributed by atoms with Gasteiger partial charge in [-0.1, -0.05) is 12.6 Å². The highest BCUT2D eigenvalue weighted by molar-refractivity contribution is 7.98. The van der Waals surface area contributed by atoms with E-state index in [1.54, 1.807) is 11.9 Å². The van der Waals surface area contributed by atoms with E-state index in [9.17, 15) is 5.11 Å². The monoisotopic (exact) mass is 452 g/mol. The van der Waals surface area contributed by atoms with Gasteiger partial charge in [0.1, 0.15) is 0 Å². The molecular formula is C25H32N4O2S.